The van der Waals surface area contributed by atoms with Gasteiger partial charge in [-0.3, -0.25) is 0 Å². The Kier molecular flexibility index (Phi) is 5.50. The second-order valence-corrected chi connectivity index (χ2v) is 8.20. The number of hydrazone groups is 1. The maximum absolute atomic E-state index is 13.5. The van der Waals surface area contributed by atoms with Crippen molar-refractivity contribution in [1.82, 2.24) is 5.01 Å². The van der Waals surface area contributed by atoms with Crippen molar-refractivity contribution in [3.05, 3.63) is 82.1 Å². The summed E-state index contributed by atoms with van der Waals surface area (Å²) in [7, 11) is 4.71. The summed E-state index contributed by atoms with van der Waals surface area (Å²) in [5.74, 6) is 1.99. The Morgan fingerprint density at radius 1 is 0.970 bits per heavy atom. The van der Waals surface area contributed by atoms with Crippen molar-refractivity contribution in [3.8, 4) is 23.0 Å². The van der Waals surface area contributed by atoms with Gasteiger partial charge in [-0.15, -0.1) is 0 Å². The number of fused-ring (bicyclic) bond motifs is 3. The number of benzene rings is 3. The first-order valence-corrected chi connectivity index (χ1v) is 10.8. The van der Waals surface area contributed by atoms with Crippen molar-refractivity contribution in [2.45, 2.75) is 18.7 Å². The van der Waals surface area contributed by atoms with Crippen LogP contribution in [0.4, 0.5) is 4.39 Å². The van der Waals surface area contributed by atoms with Crippen molar-refractivity contribution in [1.29, 1.82) is 0 Å². The van der Waals surface area contributed by atoms with Crippen LogP contribution in [0.2, 0.25) is 5.02 Å². The fourth-order valence-corrected chi connectivity index (χ4v) is 4.52. The van der Waals surface area contributed by atoms with Gasteiger partial charge in [0.2, 0.25) is 12.0 Å². The van der Waals surface area contributed by atoms with E-state index in [1.807, 2.05) is 29.3 Å². The molecule has 0 spiro atoms. The maximum atomic E-state index is 13.5. The summed E-state index contributed by atoms with van der Waals surface area (Å²) in [5, 5.41) is 7.44. The summed E-state index contributed by atoms with van der Waals surface area (Å²) in [6, 6.07) is 15.5. The fourth-order valence-electron chi connectivity index (χ4n) is 4.34. The fraction of sp³-hybridized carbons (Fsp3) is 0.240. The molecule has 0 amide bonds. The Bertz CT molecular complexity index is 1210. The molecule has 0 fully saturated rings. The van der Waals surface area contributed by atoms with E-state index in [1.165, 1.54) is 12.1 Å². The second-order valence-electron chi connectivity index (χ2n) is 7.76. The van der Waals surface area contributed by atoms with Crippen LogP contribution in [-0.2, 0) is 0 Å². The first kappa shape index (κ1) is 21.4. The summed E-state index contributed by atoms with van der Waals surface area (Å²) in [6.07, 6.45) is 0.0822. The lowest BCUT2D eigenvalue weighted by Crippen LogP contribution is -2.33. The van der Waals surface area contributed by atoms with E-state index < -0.39 is 6.23 Å². The predicted molar refractivity (Wildman–Crippen MR) is 123 cm³/mol. The zero-order chi connectivity index (χ0) is 23.1. The Balaban J connectivity index is 1.63. The minimum Gasteiger partial charge on any atom is -0.493 e. The number of halogens is 2. The Hall–Kier alpha value is -3.45. The van der Waals surface area contributed by atoms with Crippen LogP contribution in [-0.4, -0.2) is 32.0 Å². The molecule has 2 aliphatic heterocycles. The van der Waals surface area contributed by atoms with Crippen molar-refractivity contribution in [2.24, 2.45) is 5.10 Å². The van der Waals surface area contributed by atoms with Crippen LogP contribution in [0.1, 0.15) is 35.4 Å². The minimum absolute atomic E-state index is 0.100. The minimum atomic E-state index is -0.546. The molecule has 2 atom stereocenters. The third kappa shape index (κ3) is 3.72. The monoisotopic (exact) mass is 468 g/mol. The van der Waals surface area contributed by atoms with Crippen LogP contribution in [0, 0.1) is 5.82 Å². The molecule has 0 saturated heterocycles. The van der Waals surface area contributed by atoms with Gasteiger partial charge in [-0.25, -0.2) is 9.40 Å². The number of ether oxygens (including phenoxy) is 4. The van der Waals surface area contributed by atoms with E-state index in [1.54, 1.807) is 39.5 Å². The second kappa shape index (κ2) is 8.48. The van der Waals surface area contributed by atoms with Gasteiger partial charge in [-0.05, 0) is 48.0 Å². The van der Waals surface area contributed by atoms with E-state index in [-0.39, 0.29) is 11.9 Å². The highest BCUT2D eigenvalue weighted by molar-refractivity contribution is 6.30. The lowest BCUT2D eigenvalue weighted by atomic mass is 9.96. The summed E-state index contributed by atoms with van der Waals surface area (Å²) in [6.45, 7) is 0. The third-order valence-electron chi connectivity index (χ3n) is 5.90. The number of methoxy groups -OCH3 is 3. The van der Waals surface area contributed by atoms with Gasteiger partial charge in [0.15, 0.2) is 11.5 Å². The number of nitrogens with zero attached hydrogens (tertiary/aromatic N) is 2. The van der Waals surface area contributed by atoms with Crippen LogP contribution in [0.5, 0.6) is 23.0 Å². The molecule has 3 aromatic rings. The molecule has 5 rings (SSSR count). The lowest BCUT2D eigenvalue weighted by Gasteiger charge is -2.38. The van der Waals surface area contributed by atoms with E-state index in [2.05, 4.69) is 0 Å². The first-order valence-electron chi connectivity index (χ1n) is 10.4. The molecule has 0 saturated carbocycles. The van der Waals surface area contributed by atoms with Crippen molar-refractivity contribution >= 4 is 17.3 Å². The van der Waals surface area contributed by atoms with Gasteiger partial charge in [0, 0.05) is 22.6 Å². The number of rotatable bonds is 5. The smallest absolute Gasteiger partial charge is 0.214 e. The van der Waals surface area contributed by atoms with Crippen LogP contribution in [0.25, 0.3) is 0 Å². The Labute approximate surface area is 196 Å². The van der Waals surface area contributed by atoms with Gasteiger partial charge >= 0.3 is 0 Å². The molecular weight excluding hydrogens is 447 g/mol. The highest BCUT2D eigenvalue weighted by Crippen LogP contribution is 2.50. The normalized spacial score (nSPS) is 18.7. The molecule has 170 valence electrons. The van der Waals surface area contributed by atoms with Gasteiger partial charge in [0.1, 0.15) is 11.6 Å². The maximum Gasteiger partial charge on any atom is 0.214 e. The highest BCUT2D eigenvalue weighted by atomic mass is 35.5. The molecule has 2 heterocycles. The largest absolute Gasteiger partial charge is 0.493 e. The van der Waals surface area contributed by atoms with Crippen molar-refractivity contribution in [3.63, 3.8) is 0 Å². The molecule has 2 aliphatic rings. The summed E-state index contributed by atoms with van der Waals surface area (Å²) < 4.78 is 36.4. The van der Waals surface area contributed by atoms with Gasteiger partial charge < -0.3 is 18.9 Å². The molecule has 6 nitrogen and oxygen atoms in total. The molecule has 3 aromatic carbocycles. The molecule has 0 N–H and O–H groups in total. The molecular formula is C25H22ClFN2O4. The van der Waals surface area contributed by atoms with E-state index in [0.29, 0.717) is 28.7 Å². The molecule has 0 radical (unpaired) electrons. The average molecular weight is 469 g/mol. The molecule has 0 aliphatic carbocycles. The quantitative estimate of drug-likeness (QED) is 0.477. The summed E-state index contributed by atoms with van der Waals surface area (Å²) in [5.41, 5.74) is 3.44. The molecule has 8 heteroatoms. The van der Waals surface area contributed by atoms with E-state index >= 15 is 0 Å². The van der Waals surface area contributed by atoms with Crippen LogP contribution >= 0.6 is 11.6 Å². The van der Waals surface area contributed by atoms with Crippen molar-refractivity contribution in [2.75, 3.05) is 21.3 Å². The first-order chi connectivity index (χ1) is 16.0. The van der Waals surface area contributed by atoms with Gasteiger partial charge in [0.25, 0.3) is 0 Å². The zero-order valence-corrected chi connectivity index (χ0v) is 19.1. The molecule has 0 aromatic heterocycles. The van der Waals surface area contributed by atoms with Crippen LogP contribution in [0.15, 0.2) is 59.7 Å². The summed E-state index contributed by atoms with van der Waals surface area (Å²) in [4.78, 5) is 0. The van der Waals surface area contributed by atoms with E-state index in [4.69, 9.17) is 35.6 Å². The molecule has 33 heavy (non-hydrogen) atoms. The lowest BCUT2D eigenvalue weighted by molar-refractivity contribution is -0.0192. The average Bonchev–Trinajstić information content (AvgIpc) is 3.29. The number of hydrogen-bond donors (Lipinski definition) is 0. The Morgan fingerprint density at radius 2 is 1.67 bits per heavy atom. The topological polar surface area (TPSA) is 52.5 Å². The van der Waals surface area contributed by atoms with Crippen LogP contribution < -0.4 is 18.9 Å². The third-order valence-corrected chi connectivity index (χ3v) is 6.14. The number of hydrogen-bond acceptors (Lipinski definition) is 6. The van der Waals surface area contributed by atoms with Gasteiger partial charge in [-0.2, -0.15) is 5.10 Å². The van der Waals surface area contributed by atoms with Gasteiger partial charge in [0.05, 0.1) is 33.1 Å². The summed E-state index contributed by atoms with van der Waals surface area (Å²) >= 11 is 6.30. The highest BCUT2D eigenvalue weighted by Gasteiger charge is 2.41. The SMILES string of the molecule is COc1cc([C@H]2Oc3ccc(Cl)cc3[C@@H]3CC(c4ccc(F)cc4)=NN23)cc(OC)c1OC. The van der Waals surface area contributed by atoms with Crippen LogP contribution in [0.3, 0.4) is 0 Å². The van der Waals surface area contributed by atoms with E-state index in [9.17, 15) is 4.39 Å². The molecule has 0 unspecified atom stereocenters. The molecule has 0 bridgehead atoms. The van der Waals surface area contributed by atoms with Gasteiger partial charge in [-0.1, -0.05) is 23.7 Å². The zero-order valence-electron chi connectivity index (χ0n) is 18.3. The van der Waals surface area contributed by atoms with Crippen molar-refractivity contribution < 1.29 is 23.3 Å². The van der Waals surface area contributed by atoms with E-state index in [0.717, 1.165) is 28.2 Å². The standard InChI is InChI=1S/C25H22ClFN2O4/c1-30-22-10-15(11-23(31-2)24(22)32-3)25-29-20(18-12-16(26)6-9-21(18)33-25)13-19(28-29)14-4-7-17(27)8-5-14/h4-12,20,25H,13H2,1-3H3/t20-,25+/m0/s1. The predicted octanol–water partition coefficient (Wildman–Crippen LogP) is 5.75. The Morgan fingerprint density at radius 3 is 2.30 bits per heavy atom.